The minimum absolute atomic E-state index is 0. The van der Waals surface area contributed by atoms with E-state index < -0.39 is 0 Å². The molecule has 1 rings (SSSR count). The Hall–Kier alpha value is 0.674. The van der Waals surface area contributed by atoms with Gasteiger partial charge >= 0.3 is 0 Å². The van der Waals surface area contributed by atoms with Gasteiger partial charge in [-0.2, -0.15) is 5.75 Å². The molecule has 95 valence electrons. The molecule has 0 saturated carbocycles. The fourth-order valence-electron chi connectivity index (χ4n) is 1.32. The minimum atomic E-state index is 0. The summed E-state index contributed by atoms with van der Waals surface area (Å²) in [4.78, 5) is 0. The molecule has 0 aromatic heterocycles. The van der Waals surface area contributed by atoms with E-state index in [9.17, 15) is 0 Å². The van der Waals surface area contributed by atoms with Crippen LogP contribution in [0.1, 0.15) is 39.7 Å². The van der Waals surface area contributed by atoms with Crippen LogP contribution in [0, 0.1) is 11.8 Å². The summed E-state index contributed by atoms with van der Waals surface area (Å²) in [6.07, 6.45) is 2.39. The third-order valence-electron chi connectivity index (χ3n) is 2.18. The molecule has 1 aromatic rings. The van der Waals surface area contributed by atoms with Crippen molar-refractivity contribution in [2.24, 2.45) is 11.8 Å². The Morgan fingerprint density at radius 3 is 1.76 bits per heavy atom. The third-order valence-corrected chi connectivity index (χ3v) is 2.42. The molecular formula is C15H25SY-. The molecule has 0 amide bonds. The first-order valence-electron chi connectivity index (χ1n) is 6.18. The second kappa shape index (κ2) is 13.1. The predicted octanol–water partition coefficient (Wildman–Crippen LogP) is 4.46. The van der Waals surface area contributed by atoms with Crippen molar-refractivity contribution in [1.82, 2.24) is 0 Å². The molecule has 0 aliphatic rings. The average Bonchev–Trinajstić information content (AvgIpc) is 2.18. The van der Waals surface area contributed by atoms with E-state index in [1.165, 1.54) is 18.4 Å². The summed E-state index contributed by atoms with van der Waals surface area (Å²) in [6.45, 7) is 8.86. The molecule has 0 atom stereocenters. The van der Waals surface area contributed by atoms with Gasteiger partial charge in [0, 0.05) is 32.7 Å². The summed E-state index contributed by atoms with van der Waals surface area (Å²) in [7, 11) is 0. The van der Waals surface area contributed by atoms with Crippen molar-refractivity contribution >= 4 is 12.6 Å². The van der Waals surface area contributed by atoms with E-state index in [1.54, 1.807) is 0 Å². The second-order valence-corrected chi connectivity index (χ2v) is 5.38. The Kier molecular flexibility index (Phi) is 15.4. The summed E-state index contributed by atoms with van der Waals surface area (Å²) in [5.41, 5.74) is 1.44. The van der Waals surface area contributed by atoms with Crippen LogP contribution in [-0.4, -0.2) is 5.75 Å². The van der Waals surface area contributed by atoms with Crippen molar-refractivity contribution < 1.29 is 32.7 Å². The number of benzene rings is 1. The summed E-state index contributed by atoms with van der Waals surface area (Å²) >= 11 is 4.73. The van der Waals surface area contributed by atoms with Crippen LogP contribution in [0.4, 0.5) is 0 Å². The van der Waals surface area contributed by atoms with Crippen molar-refractivity contribution in [3.8, 4) is 0 Å². The smallest absolute Gasteiger partial charge is 0 e. The molecule has 0 fully saturated rings. The molecule has 0 aliphatic heterocycles. The largest absolute Gasteiger partial charge is 0.793 e. The first-order valence-corrected chi connectivity index (χ1v) is 6.76. The van der Waals surface area contributed by atoms with Crippen LogP contribution < -0.4 is 0 Å². The molecule has 0 unspecified atom stereocenters. The Balaban J connectivity index is 0. The van der Waals surface area contributed by atoms with Crippen LogP contribution in [0.15, 0.2) is 30.3 Å². The van der Waals surface area contributed by atoms with Crippen LogP contribution >= 0.6 is 0 Å². The number of hydrogen-bond acceptors (Lipinski definition) is 1. The van der Waals surface area contributed by atoms with Gasteiger partial charge in [0.15, 0.2) is 0 Å². The SMILES string of the molecule is CC(C)CC[S-].CC(C)Cc1ccccc1.[Y]. The maximum atomic E-state index is 4.73. The van der Waals surface area contributed by atoms with Crippen molar-refractivity contribution in [3.63, 3.8) is 0 Å². The second-order valence-electron chi connectivity index (χ2n) is 4.97. The van der Waals surface area contributed by atoms with Crippen LogP contribution in [0.3, 0.4) is 0 Å². The van der Waals surface area contributed by atoms with Gasteiger partial charge in [-0.3, -0.25) is 0 Å². The van der Waals surface area contributed by atoms with Gasteiger partial charge in [0.2, 0.25) is 0 Å². The quantitative estimate of drug-likeness (QED) is 0.736. The Bertz CT molecular complexity index is 244. The molecule has 0 N–H and O–H groups in total. The van der Waals surface area contributed by atoms with E-state index in [4.69, 9.17) is 12.6 Å². The summed E-state index contributed by atoms with van der Waals surface area (Å²) < 4.78 is 0. The van der Waals surface area contributed by atoms with Gasteiger partial charge < -0.3 is 12.6 Å². The molecule has 1 aromatic carbocycles. The monoisotopic (exact) mass is 326 g/mol. The first-order chi connectivity index (χ1) is 7.56. The van der Waals surface area contributed by atoms with Gasteiger partial charge in [-0.05, 0) is 23.8 Å². The van der Waals surface area contributed by atoms with E-state index in [0.29, 0.717) is 0 Å². The van der Waals surface area contributed by atoms with Crippen LogP contribution in [0.25, 0.3) is 0 Å². The zero-order chi connectivity index (χ0) is 12.4. The van der Waals surface area contributed by atoms with E-state index in [2.05, 4.69) is 58.0 Å². The van der Waals surface area contributed by atoms with Gasteiger partial charge in [0.1, 0.15) is 0 Å². The van der Waals surface area contributed by atoms with E-state index >= 15 is 0 Å². The molecular weight excluding hydrogens is 301 g/mol. The predicted molar refractivity (Wildman–Crippen MR) is 76.7 cm³/mol. The summed E-state index contributed by atoms with van der Waals surface area (Å²) in [5.74, 6) is 2.47. The fraction of sp³-hybridized carbons (Fsp3) is 0.600. The molecule has 0 aliphatic carbocycles. The van der Waals surface area contributed by atoms with Gasteiger partial charge in [0.05, 0.1) is 0 Å². The van der Waals surface area contributed by atoms with Crippen molar-refractivity contribution in [3.05, 3.63) is 35.9 Å². The molecule has 17 heavy (non-hydrogen) atoms. The topological polar surface area (TPSA) is 0 Å². The van der Waals surface area contributed by atoms with E-state index in [1.807, 2.05) is 0 Å². The van der Waals surface area contributed by atoms with Crippen molar-refractivity contribution in [2.75, 3.05) is 5.75 Å². The van der Waals surface area contributed by atoms with Crippen LogP contribution in [0.5, 0.6) is 0 Å². The van der Waals surface area contributed by atoms with Gasteiger partial charge in [-0.1, -0.05) is 64.4 Å². The molecule has 1 radical (unpaired) electrons. The molecule has 0 bridgehead atoms. The molecule has 2 heteroatoms. The van der Waals surface area contributed by atoms with Crippen LogP contribution in [-0.2, 0) is 51.8 Å². The molecule has 0 spiro atoms. The van der Waals surface area contributed by atoms with Crippen LogP contribution in [0.2, 0.25) is 0 Å². The maximum Gasteiger partial charge on any atom is 0 e. The normalized spacial score (nSPS) is 9.59. The average molecular weight is 326 g/mol. The zero-order valence-electron chi connectivity index (χ0n) is 11.6. The van der Waals surface area contributed by atoms with Gasteiger partial charge in [0.25, 0.3) is 0 Å². The molecule has 0 saturated heterocycles. The van der Waals surface area contributed by atoms with Crippen molar-refractivity contribution in [1.29, 1.82) is 0 Å². The molecule has 0 nitrogen and oxygen atoms in total. The molecule has 0 heterocycles. The Morgan fingerprint density at radius 2 is 1.47 bits per heavy atom. The van der Waals surface area contributed by atoms with Gasteiger partial charge in [-0.15, -0.1) is 0 Å². The van der Waals surface area contributed by atoms with Crippen molar-refractivity contribution in [2.45, 2.75) is 40.5 Å². The number of rotatable bonds is 4. The minimum Gasteiger partial charge on any atom is -0.793 e. The van der Waals surface area contributed by atoms with E-state index in [-0.39, 0.29) is 32.7 Å². The summed E-state index contributed by atoms with van der Waals surface area (Å²) in [5, 5.41) is 0. The van der Waals surface area contributed by atoms with Gasteiger partial charge in [-0.25, -0.2) is 0 Å². The Morgan fingerprint density at radius 1 is 0.941 bits per heavy atom. The first kappa shape index (κ1) is 20.0. The Labute approximate surface area is 138 Å². The fourth-order valence-corrected chi connectivity index (χ4v) is 1.79. The maximum absolute atomic E-state index is 4.73. The number of hydrogen-bond donors (Lipinski definition) is 0. The standard InChI is InChI=1S/C10H14.C5H12S.Y/c1-9(2)8-10-6-4-3-5-7-10;1-5(2)3-4-6;/h3-7,9H,8H2,1-2H3;5-6H,3-4H2,1-2H3;/p-1. The zero-order valence-corrected chi connectivity index (χ0v) is 15.3. The third kappa shape index (κ3) is 14.6. The van der Waals surface area contributed by atoms with E-state index in [0.717, 1.165) is 17.6 Å². The summed E-state index contributed by atoms with van der Waals surface area (Å²) in [6, 6.07) is 10.6.